The van der Waals surface area contributed by atoms with Gasteiger partial charge in [-0.25, -0.2) is 0 Å². The maximum Gasteiger partial charge on any atom is 0.256 e. The lowest BCUT2D eigenvalue weighted by Crippen LogP contribution is -2.34. The van der Waals surface area contributed by atoms with Gasteiger partial charge in [-0.3, -0.25) is 9.59 Å². The molecule has 0 spiro atoms. The third-order valence-electron chi connectivity index (χ3n) is 6.15. The van der Waals surface area contributed by atoms with Crippen molar-refractivity contribution in [3.8, 4) is 0 Å². The van der Waals surface area contributed by atoms with Gasteiger partial charge in [0.25, 0.3) is 5.91 Å². The van der Waals surface area contributed by atoms with E-state index in [1.54, 1.807) is 0 Å². The third kappa shape index (κ3) is 3.92. The summed E-state index contributed by atoms with van der Waals surface area (Å²) in [6.07, 6.45) is 8.49. The van der Waals surface area contributed by atoms with Crippen molar-refractivity contribution in [2.45, 2.75) is 32.2 Å². The number of halogens is 1. The van der Waals surface area contributed by atoms with Crippen LogP contribution in [0.2, 0.25) is 0 Å². The second-order valence-corrected chi connectivity index (χ2v) is 9.14. The van der Waals surface area contributed by atoms with Crippen LogP contribution in [0.25, 0.3) is 22.6 Å². The standard InChI is InChI=1S/C25H24BrN3O2/c26-18-9-10-23-20(14-18)17(13-21-19-7-3-4-8-22(19)27-25(21)31)15-29(23)16-24(30)28-11-5-1-2-6-12-28/h3-4,7-10,13-15H,1-2,5-6,11-12,16H2,(H,27,31). The summed E-state index contributed by atoms with van der Waals surface area (Å²) >= 11 is 3.56. The molecule has 0 atom stereocenters. The average molecular weight is 478 g/mol. The molecule has 0 aliphatic carbocycles. The van der Waals surface area contributed by atoms with E-state index in [1.807, 2.05) is 64.2 Å². The number of hydrogen-bond acceptors (Lipinski definition) is 2. The quantitative estimate of drug-likeness (QED) is 0.520. The SMILES string of the molecule is O=C1Nc2ccccc2C1=Cc1cn(CC(=O)N2CCCCCC2)c2ccc(Br)cc12. The van der Waals surface area contributed by atoms with E-state index in [9.17, 15) is 9.59 Å². The Morgan fingerprint density at radius 3 is 2.65 bits per heavy atom. The fourth-order valence-electron chi connectivity index (χ4n) is 4.55. The molecule has 0 bridgehead atoms. The summed E-state index contributed by atoms with van der Waals surface area (Å²) in [6, 6.07) is 13.8. The van der Waals surface area contributed by atoms with E-state index >= 15 is 0 Å². The smallest absolute Gasteiger partial charge is 0.256 e. The number of fused-ring (bicyclic) bond motifs is 2. The molecule has 0 unspecified atom stereocenters. The normalized spacial score (nSPS) is 17.6. The van der Waals surface area contributed by atoms with Crippen LogP contribution in [0.4, 0.5) is 5.69 Å². The van der Waals surface area contributed by atoms with Crippen molar-refractivity contribution < 1.29 is 9.59 Å². The van der Waals surface area contributed by atoms with E-state index in [0.717, 1.165) is 58.1 Å². The zero-order valence-electron chi connectivity index (χ0n) is 17.2. The number of aromatic nitrogens is 1. The first kappa shape index (κ1) is 20.1. The van der Waals surface area contributed by atoms with E-state index in [-0.39, 0.29) is 11.8 Å². The Morgan fingerprint density at radius 2 is 1.84 bits per heavy atom. The van der Waals surface area contributed by atoms with Crippen molar-refractivity contribution in [3.63, 3.8) is 0 Å². The van der Waals surface area contributed by atoms with Gasteiger partial charge in [-0.15, -0.1) is 0 Å². The number of nitrogens with one attached hydrogen (secondary N) is 1. The molecule has 31 heavy (non-hydrogen) atoms. The first-order valence-electron chi connectivity index (χ1n) is 10.8. The molecule has 3 heterocycles. The number of carbonyl (C=O) groups is 2. The molecule has 6 heteroatoms. The summed E-state index contributed by atoms with van der Waals surface area (Å²) in [5.41, 5.74) is 4.31. The Hall–Kier alpha value is -2.86. The molecule has 0 radical (unpaired) electrons. The summed E-state index contributed by atoms with van der Waals surface area (Å²) in [6.45, 7) is 2.00. The number of para-hydroxylation sites is 1. The van der Waals surface area contributed by atoms with Crippen LogP contribution in [-0.4, -0.2) is 34.4 Å². The van der Waals surface area contributed by atoms with Crippen molar-refractivity contribution in [1.29, 1.82) is 0 Å². The van der Waals surface area contributed by atoms with Gasteiger partial charge < -0.3 is 14.8 Å². The molecule has 2 aromatic carbocycles. The predicted molar refractivity (Wildman–Crippen MR) is 128 cm³/mol. The average Bonchev–Trinajstić information content (AvgIpc) is 3.10. The van der Waals surface area contributed by atoms with E-state index < -0.39 is 0 Å². The van der Waals surface area contributed by atoms with Gasteiger partial charge in [0.05, 0.1) is 0 Å². The molecule has 3 aromatic rings. The molecule has 5 nitrogen and oxygen atoms in total. The lowest BCUT2D eigenvalue weighted by molar-refractivity contribution is -0.131. The Labute approximate surface area is 189 Å². The first-order valence-corrected chi connectivity index (χ1v) is 11.6. The Bertz CT molecular complexity index is 1200. The van der Waals surface area contributed by atoms with Crippen LogP contribution < -0.4 is 5.32 Å². The molecule has 1 fully saturated rings. The van der Waals surface area contributed by atoms with Crippen molar-refractivity contribution in [3.05, 3.63) is 64.3 Å². The van der Waals surface area contributed by atoms with Gasteiger partial charge in [-0.05, 0) is 43.2 Å². The fraction of sp³-hybridized carbons (Fsp3) is 0.280. The zero-order chi connectivity index (χ0) is 21.4. The van der Waals surface area contributed by atoms with Crippen LogP contribution in [0.3, 0.4) is 0 Å². The summed E-state index contributed by atoms with van der Waals surface area (Å²) < 4.78 is 2.98. The number of benzene rings is 2. The van der Waals surface area contributed by atoms with Crippen LogP contribution >= 0.6 is 15.9 Å². The molecule has 1 saturated heterocycles. The van der Waals surface area contributed by atoms with Crippen molar-refractivity contribution >= 4 is 56.0 Å². The lowest BCUT2D eigenvalue weighted by Gasteiger charge is -2.20. The number of rotatable bonds is 3. The number of hydrogen-bond donors (Lipinski definition) is 1. The highest BCUT2D eigenvalue weighted by Crippen LogP contribution is 2.35. The van der Waals surface area contributed by atoms with Crippen molar-refractivity contribution in [2.75, 3.05) is 18.4 Å². The number of amides is 2. The highest BCUT2D eigenvalue weighted by molar-refractivity contribution is 9.10. The van der Waals surface area contributed by atoms with Gasteiger partial charge >= 0.3 is 0 Å². The number of carbonyl (C=O) groups excluding carboxylic acids is 2. The minimum absolute atomic E-state index is 0.0993. The van der Waals surface area contributed by atoms with E-state index in [2.05, 4.69) is 21.2 Å². The van der Waals surface area contributed by atoms with Crippen LogP contribution in [0, 0.1) is 0 Å². The van der Waals surface area contributed by atoms with Gasteiger partial charge in [0.2, 0.25) is 5.91 Å². The monoisotopic (exact) mass is 477 g/mol. The third-order valence-corrected chi connectivity index (χ3v) is 6.64. The van der Waals surface area contributed by atoms with Crippen molar-refractivity contribution in [1.82, 2.24) is 9.47 Å². The molecule has 1 N–H and O–H groups in total. The molecule has 0 saturated carbocycles. The lowest BCUT2D eigenvalue weighted by atomic mass is 10.0. The van der Waals surface area contributed by atoms with E-state index in [1.165, 1.54) is 12.8 Å². The Morgan fingerprint density at radius 1 is 1.06 bits per heavy atom. The fourth-order valence-corrected chi connectivity index (χ4v) is 4.91. The molecule has 1 aromatic heterocycles. The van der Waals surface area contributed by atoms with Crippen LogP contribution in [0.5, 0.6) is 0 Å². The second-order valence-electron chi connectivity index (χ2n) is 8.23. The highest BCUT2D eigenvalue weighted by Gasteiger charge is 2.24. The van der Waals surface area contributed by atoms with Gasteiger partial charge in [-0.2, -0.15) is 0 Å². The summed E-state index contributed by atoms with van der Waals surface area (Å²) in [4.78, 5) is 27.6. The summed E-state index contributed by atoms with van der Waals surface area (Å²) in [5.74, 6) is 0.0580. The van der Waals surface area contributed by atoms with Crippen molar-refractivity contribution in [2.24, 2.45) is 0 Å². The van der Waals surface area contributed by atoms with Gasteiger partial charge in [0, 0.05) is 57.0 Å². The van der Waals surface area contributed by atoms with Gasteiger partial charge in [-0.1, -0.05) is 47.0 Å². The first-order chi connectivity index (χ1) is 15.1. The molecular weight excluding hydrogens is 454 g/mol. The second kappa shape index (κ2) is 8.35. The zero-order valence-corrected chi connectivity index (χ0v) is 18.8. The minimum Gasteiger partial charge on any atom is -0.341 e. The molecule has 2 aliphatic rings. The van der Waals surface area contributed by atoms with E-state index in [4.69, 9.17) is 0 Å². The molecule has 158 valence electrons. The van der Waals surface area contributed by atoms with Crippen LogP contribution in [0.1, 0.15) is 36.8 Å². The van der Waals surface area contributed by atoms with Crippen LogP contribution in [-0.2, 0) is 16.1 Å². The highest BCUT2D eigenvalue weighted by atomic mass is 79.9. The molecule has 2 amide bonds. The summed E-state index contributed by atoms with van der Waals surface area (Å²) in [5, 5.41) is 3.95. The van der Waals surface area contributed by atoms with Gasteiger partial charge in [0.1, 0.15) is 6.54 Å². The molecular formula is C25H24BrN3O2. The Balaban J connectivity index is 1.53. The minimum atomic E-state index is -0.0993. The van der Waals surface area contributed by atoms with Gasteiger partial charge in [0.15, 0.2) is 0 Å². The maximum atomic E-state index is 13.0. The maximum absolute atomic E-state index is 13.0. The number of likely N-dealkylation sites (tertiary alicyclic amines) is 1. The predicted octanol–water partition coefficient (Wildman–Crippen LogP) is 5.30. The number of anilines is 1. The largest absolute Gasteiger partial charge is 0.341 e. The van der Waals surface area contributed by atoms with Crippen LogP contribution in [0.15, 0.2) is 53.1 Å². The number of nitrogens with zero attached hydrogens (tertiary/aromatic N) is 2. The topological polar surface area (TPSA) is 54.3 Å². The molecule has 5 rings (SSSR count). The summed E-state index contributed by atoms with van der Waals surface area (Å²) in [7, 11) is 0. The molecule has 2 aliphatic heterocycles. The van der Waals surface area contributed by atoms with E-state index in [0.29, 0.717) is 12.1 Å². The Kier molecular flexibility index (Phi) is 5.40.